The SMILES string of the molecule is COC(=O)c1ccc(C[NH+]2CCN(c3cccc[nH+]3)CC2)o1. The van der Waals surface area contributed by atoms with Crippen LogP contribution in [0.5, 0.6) is 0 Å². The molecule has 6 heteroatoms. The number of ether oxygens (including phenoxy) is 1. The molecule has 6 nitrogen and oxygen atoms in total. The van der Waals surface area contributed by atoms with Crippen molar-refractivity contribution in [1.82, 2.24) is 0 Å². The number of piperazine rings is 1. The lowest BCUT2D eigenvalue weighted by molar-refractivity contribution is -0.915. The third-order valence-electron chi connectivity index (χ3n) is 3.98. The predicted octanol–water partition coefficient (Wildman–Crippen LogP) is -0.215. The number of aromatic amines is 1. The second-order valence-corrected chi connectivity index (χ2v) is 5.42. The summed E-state index contributed by atoms with van der Waals surface area (Å²) in [4.78, 5) is 18.5. The summed E-state index contributed by atoms with van der Waals surface area (Å²) in [5.74, 6) is 1.84. The maximum atomic E-state index is 11.4. The molecule has 1 fully saturated rings. The molecule has 0 amide bonds. The quantitative estimate of drug-likeness (QED) is 0.794. The Morgan fingerprint density at radius 2 is 2.14 bits per heavy atom. The molecule has 0 atom stereocenters. The van der Waals surface area contributed by atoms with Gasteiger partial charge in [-0.25, -0.2) is 9.78 Å². The molecule has 22 heavy (non-hydrogen) atoms. The van der Waals surface area contributed by atoms with E-state index in [0.717, 1.165) is 44.3 Å². The third kappa shape index (κ3) is 3.28. The van der Waals surface area contributed by atoms with Gasteiger partial charge in [0, 0.05) is 6.07 Å². The number of esters is 1. The van der Waals surface area contributed by atoms with E-state index >= 15 is 0 Å². The first-order valence-corrected chi connectivity index (χ1v) is 7.48. The first kappa shape index (κ1) is 14.6. The topological polar surface area (TPSA) is 61.3 Å². The van der Waals surface area contributed by atoms with Crippen LogP contribution in [-0.2, 0) is 11.3 Å². The highest BCUT2D eigenvalue weighted by atomic mass is 16.5. The Labute approximate surface area is 129 Å². The first-order valence-electron chi connectivity index (χ1n) is 7.48. The number of hydrogen-bond acceptors (Lipinski definition) is 4. The van der Waals surface area contributed by atoms with Crippen molar-refractivity contribution in [2.45, 2.75) is 6.54 Å². The zero-order chi connectivity index (χ0) is 15.4. The molecule has 0 aliphatic carbocycles. The summed E-state index contributed by atoms with van der Waals surface area (Å²) in [6, 6.07) is 9.66. The average Bonchev–Trinajstić information content (AvgIpc) is 3.04. The second-order valence-electron chi connectivity index (χ2n) is 5.42. The van der Waals surface area contributed by atoms with Crippen LogP contribution in [0, 0.1) is 0 Å². The molecule has 2 N–H and O–H groups in total. The van der Waals surface area contributed by atoms with Crippen LogP contribution in [-0.4, -0.2) is 39.3 Å². The molecule has 0 aromatic carbocycles. The number of anilines is 1. The Balaban J connectivity index is 1.54. The van der Waals surface area contributed by atoms with E-state index in [1.54, 1.807) is 6.07 Å². The monoisotopic (exact) mass is 303 g/mol. The van der Waals surface area contributed by atoms with Gasteiger partial charge in [0.05, 0.1) is 13.3 Å². The van der Waals surface area contributed by atoms with Crippen molar-refractivity contribution in [3.63, 3.8) is 0 Å². The van der Waals surface area contributed by atoms with E-state index in [0.29, 0.717) is 0 Å². The molecule has 1 saturated heterocycles. The van der Waals surface area contributed by atoms with Crippen LogP contribution in [0.2, 0.25) is 0 Å². The number of nitrogens with zero attached hydrogens (tertiary/aromatic N) is 1. The van der Waals surface area contributed by atoms with Crippen LogP contribution in [0.4, 0.5) is 5.82 Å². The number of hydrogen-bond donors (Lipinski definition) is 1. The minimum absolute atomic E-state index is 0.273. The van der Waals surface area contributed by atoms with Gasteiger partial charge in [-0.15, -0.1) is 0 Å². The summed E-state index contributed by atoms with van der Waals surface area (Å²) in [7, 11) is 1.36. The van der Waals surface area contributed by atoms with E-state index in [4.69, 9.17) is 4.42 Å². The van der Waals surface area contributed by atoms with Crippen LogP contribution in [0.25, 0.3) is 0 Å². The highest BCUT2D eigenvalue weighted by Gasteiger charge is 2.26. The number of nitrogens with one attached hydrogen (secondary N) is 2. The zero-order valence-corrected chi connectivity index (χ0v) is 12.7. The van der Waals surface area contributed by atoms with Gasteiger partial charge in [-0.2, -0.15) is 0 Å². The van der Waals surface area contributed by atoms with Crippen molar-refractivity contribution in [2.24, 2.45) is 0 Å². The Hall–Kier alpha value is -2.34. The number of carbonyl (C=O) groups excluding carboxylic acids is 1. The Kier molecular flexibility index (Phi) is 4.39. The third-order valence-corrected chi connectivity index (χ3v) is 3.98. The largest absolute Gasteiger partial charge is 0.463 e. The number of H-pyrrole nitrogens is 1. The van der Waals surface area contributed by atoms with Crippen molar-refractivity contribution < 1.29 is 23.8 Å². The predicted molar refractivity (Wildman–Crippen MR) is 79.7 cm³/mol. The molecule has 0 radical (unpaired) electrons. The van der Waals surface area contributed by atoms with E-state index < -0.39 is 5.97 Å². The van der Waals surface area contributed by atoms with Crippen LogP contribution in [0.15, 0.2) is 40.9 Å². The maximum absolute atomic E-state index is 11.4. The van der Waals surface area contributed by atoms with Gasteiger partial charge in [0.2, 0.25) is 5.76 Å². The minimum atomic E-state index is -0.425. The minimum Gasteiger partial charge on any atom is -0.463 e. The molecular weight excluding hydrogens is 282 g/mol. The number of methoxy groups -OCH3 is 1. The molecule has 3 heterocycles. The van der Waals surface area contributed by atoms with Gasteiger partial charge in [0.25, 0.3) is 5.82 Å². The van der Waals surface area contributed by atoms with Crippen molar-refractivity contribution in [3.8, 4) is 0 Å². The highest BCUT2D eigenvalue weighted by Crippen LogP contribution is 2.09. The number of quaternary nitrogens is 1. The first-order chi connectivity index (χ1) is 10.8. The smallest absolute Gasteiger partial charge is 0.373 e. The summed E-state index contributed by atoms with van der Waals surface area (Å²) in [6.45, 7) is 4.87. The highest BCUT2D eigenvalue weighted by molar-refractivity contribution is 5.86. The summed E-state index contributed by atoms with van der Waals surface area (Å²) in [5, 5.41) is 0. The zero-order valence-electron chi connectivity index (χ0n) is 12.7. The molecule has 0 bridgehead atoms. The van der Waals surface area contributed by atoms with Crippen molar-refractivity contribution >= 4 is 11.8 Å². The van der Waals surface area contributed by atoms with Crippen molar-refractivity contribution in [2.75, 3.05) is 38.2 Å². The molecule has 0 unspecified atom stereocenters. The average molecular weight is 303 g/mol. The Morgan fingerprint density at radius 1 is 1.32 bits per heavy atom. The molecule has 0 saturated carbocycles. The van der Waals surface area contributed by atoms with Gasteiger partial charge >= 0.3 is 5.97 Å². The fourth-order valence-electron chi connectivity index (χ4n) is 2.75. The van der Waals surface area contributed by atoms with Gasteiger partial charge in [0.15, 0.2) is 5.76 Å². The molecule has 2 aromatic heterocycles. The summed E-state index contributed by atoms with van der Waals surface area (Å²) < 4.78 is 10.2. The molecular formula is C16H21N3O3+2. The fraction of sp³-hybridized carbons (Fsp3) is 0.375. The second kappa shape index (κ2) is 6.62. The van der Waals surface area contributed by atoms with E-state index in [1.807, 2.05) is 24.4 Å². The lowest BCUT2D eigenvalue weighted by Gasteiger charge is -2.27. The maximum Gasteiger partial charge on any atom is 0.373 e. The standard InChI is InChI=1S/C16H19N3O3/c1-21-16(20)14-6-5-13(22-14)12-18-8-10-19(11-9-18)15-4-2-3-7-17-15/h2-7H,8-12H2,1H3/p+2. The summed E-state index contributed by atoms with van der Waals surface area (Å²) >= 11 is 0. The lowest BCUT2D eigenvalue weighted by Crippen LogP contribution is -3.13. The van der Waals surface area contributed by atoms with E-state index in [-0.39, 0.29) is 5.76 Å². The van der Waals surface area contributed by atoms with Crippen LogP contribution in [0.1, 0.15) is 16.3 Å². The number of furan rings is 1. The number of pyridine rings is 1. The van der Waals surface area contributed by atoms with Crippen LogP contribution >= 0.6 is 0 Å². The van der Waals surface area contributed by atoms with Crippen molar-refractivity contribution in [3.05, 3.63) is 48.0 Å². The molecule has 3 rings (SSSR count). The summed E-state index contributed by atoms with van der Waals surface area (Å²) in [6.07, 6.45) is 1.95. The van der Waals surface area contributed by atoms with Crippen LogP contribution < -0.4 is 14.8 Å². The molecule has 0 spiro atoms. The van der Waals surface area contributed by atoms with E-state index in [1.165, 1.54) is 12.0 Å². The van der Waals surface area contributed by atoms with Gasteiger partial charge in [-0.3, -0.25) is 4.90 Å². The van der Waals surface area contributed by atoms with Gasteiger partial charge in [-0.05, 0) is 18.2 Å². The molecule has 2 aromatic rings. The van der Waals surface area contributed by atoms with E-state index in [2.05, 4.69) is 20.7 Å². The lowest BCUT2D eigenvalue weighted by atomic mass is 10.3. The Morgan fingerprint density at radius 3 is 2.82 bits per heavy atom. The van der Waals surface area contributed by atoms with Crippen molar-refractivity contribution in [1.29, 1.82) is 0 Å². The summed E-state index contributed by atoms with van der Waals surface area (Å²) in [5.41, 5.74) is 0. The normalized spacial score (nSPS) is 15.8. The number of aromatic nitrogens is 1. The number of carbonyl (C=O) groups is 1. The van der Waals surface area contributed by atoms with E-state index in [9.17, 15) is 4.79 Å². The Bertz CT molecular complexity index is 619. The van der Waals surface area contributed by atoms with Gasteiger partial charge < -0.3 is 14.1 Å². The number of rotatable bonds is 4. The van der Waals surface area contributed by atoms with Crippen LogP contribution in [0.3, 0.4) is 0 Å². The van der Waals surface area contributed by atoms with Gasteiger partial charge in [0.1, 0.15) is 32.7 Å². The molecule has 1 aliphatic heterocycles. The molecule has 116 valence electrons. The van der Waals surface area contributed by atoms with Gasteiger partial charge in [-0.1, -0.05) is 6.07 Å². The fourth-order valence-corrected chi connectivity index (χ4v) is 2.75. The molecule has 1 aliphatic rings.